The van der Waals surface area contributed by atoms with Crippen LogP contribution in [0.3, 0.4) is 0 Å². The predicted molar refractivity (Wildman–Crippen MR) is 111 cm³/mol. The maximum atomic E-state index is 13.8. The number of fused-ring (bicyclic) bond motifs is 1. The van der Waals surface area contributed by atoms with E-state index >= 15 is 0 Å². The van der Waals surface area contributed by atoms with E-state index in [4.69, 9.17) is 9.47 Å². The van der Waals surface area contributed by atoms with Crippen molar-refractivity contribution in [2.45, 2.75) is 39.2 Å². The third kappa shape index (κ3) is 4.95. The van der Waals surface area contributed by atoms with Gasteiger partial charge in [-0.15, -0.1) is 0 Å². The van der Waals surface area contributed by atoms with Gasteiger partial charge in [-0.1, -0.05) is 13.8 Å². The summed E-state index contributed by atoms with van der Waals surface area (Å²) < 4.78 is 38.0. The second-order valence-electron chi connectivity index (χ2n) is 8.99. The molecule has 0 aromatic rings. The van der Waals surface area contributed by atoms with E-state index in [1.165, 1.54) is 0 Å². The fourth-order valence-electron chi connectivity index (χ4n) is 4.96. The molecular weight excluding hydrogens is 394 g/mol. The van der Waals surface area contributed by atoms with Gasteiger partial charge in [0.05, 0.1) is 31.0 Å². The number of hydrogen-bond acceptors (Lipinski definition) is 6. The summed E-state index contributed by atoms with van der Waals surface area (Å²) in [5, 5.41) is 0. The molecule has 3 fully saturated rings. The molecule has 168 valence electrons. The fraction of sp³-hybridized carbons (Fsp3) is 0.950. The summed E-state index contributed by atoms with van der Waals surface area (Å²) in [4.78, 5) is 18.1. The zero-order valence-electron chi connectivity index (χ0n) is 18.1. The first-order valence-electron chi connectivity index (χ1n) is 10.9. The summed E-state index contributed by atoms with van der Waals surface area (Å²) >= 11 is 0. The van der Waals surface area contributed by atoms with Crippen LogP contribution in [-0.2, 0) is 24.3 Å². The number of sulfonamides is 1. The van der Waals surface area contributed by atoms with E-state index in [-0.39, 0.29) is 17.7 Å². The number of methoxy groups -OCH3 is 1. The largest absolute Gasteiger partial charge is 0.383 e. The van der Waals surface area contributed by atoms with Crippen LogP contribution < -0.4 is 0 Å². The molecule has 3 aliphatic heterocycles. The number of likely N-dealkylation sites (tertiary alicyclic amines) is 1. The lowest BCUT2D eigenvalue weighted by Gasteiger charge is -2.54. The number of piperidine rings is 1. The molecule has 0 aromatic carbocycles. The number of amides is 1. The monoisotopic (exact) mass is 431 g/mol. The average molecular weight is 432 g/mol. The van der Waals surface area contributed by atoms with E-state index in [1.54, 1.807) is 11.4 Å². The first kappa shape index (κ1) is 22.9. The molecule has 0 aliphatic carbocycles. The van der Waals surface area contributed by atoms with Crippen molar-refractivity contribution >= 4 is 15.9 Å². The van der Waals surface area contributed by atoms with Crippen LogP contribution in [0.1, 0.15) is 33.1 Å². The Bertz CT molecular complexity index is 665. The van der Waals surface area contributed by atoms with Gasteiger partial charge in [0.15, 0.2) is 0 Å². The minimum Gasteiger partial charge on any atom is -0.383 e. The Balaban J connectivity index is 1.89. The quantitative estimate of drug-likeness (QED) is 0.588. The van der Waals surface area contributed by atoms with Crippen molar-refractivity contribution in [1.82, 2.24) is 14.1 Å². The van der Waals surface area contributed by atoms with Crippen molar-refractivity contribution in [2.75, 3.05) is 72.0 Å². The minimum atomic E-state index is -3.37. The summed E-state index contributed by atoms with van der Waals surface area (Å²) in [7, 11) is -1.79. The average Bonchev–Trinajstić information content (AvgIpc) is 2.71. The number of nitrogens with zero attached hydrogens (tertiary/aromatic N) is 3. The summed E-state index contributed by atoms with van der Waals surface area (Å²) in [5.74, 6) is 0.738. The molecular formula is C20H37N3O5S. The van der Waals surface area contributed by atoms with Gasteiger partial charge in [0.2, 0.25) is 15.9 Å². The Kier molecular flexibility index (Phi) is 7.59. The van der Waals surface area contributed by atoms with Crippen molar-refractivity contribution in [1.29, 1.82) is 0 Å². The lowest BCUT2D eigenvalue weighted by atomic mass is 9.71. The van der Waals surface area contributed by atoms with Gasteiger partial charge in [0.1, 0.15) is 0 Å². The Hall–Kier alpha value is -0.740. The van der Waals surface area contributed by atoms with Crippen molar-refractivity contribution < 1.29 is 22.7 Å². The Morgan fingerprint density at radius 1 is 1.21 bits per heavy atom. The molecule has 9 heteroatoms. The highest BCUT2D eigenvalue weighted by Gasteiger charge is 2.57. The Morgan fingerprint density at radius 2 is 1.93 bits per heavy atom. The molecule has 3 aliphatic rings. The Morgan fingerprint density at radius 3 is 2.59 bits per heavy atom. The molecule has 0 bridgehead atoms. The van der Waals surface area contributed by atoms with Crippen LogP contribution in [0.4, 0.5) is 0 Å². The fourth-order valence-corrected chi connectivity index (χ4v) is 6.86. The van der Waals surface area contributed by atoms with E-state index in [0.717, 1.165) is 19.5 Å². The lowest BCUT2D eigenvalue weighted by molar-refractivity contribution is -0.155. The number of carbonyl (C=O) groups is 1. The molecule has 0 spiro atoms. The van der Waals surface area contributed by atoms with E-state index in [2.05, 4.69) is 18.7 Å². The molecule has 8 nitrogen and oxygen atoms in total. The third-order valence-corrected chi connectivity index (χ3v) is 8.51. The second kappa shape index (κ2) is 9.60. The predicted octanol–water partition coefficient (Wildman–Crippen LogP) is 0.634. The topological polar surface area (TPSA) is 79.4 Å². The highest BCUT2D eigenvalue weighted by atomic mass is 32.2. The maximum Gasteiger partial charge on any atom is 0.231 e. The van der Waals surface area contributed by atoms with Gasteiger partial charge in [-0.05, 0) is 38.3 Å². The lowest BCUT2D eigenvalue weighted by Crippen LogP contribution is -2.69. The smallest absolute Gasteiger partial charge is 0.231 e. The number of rotatable bonds is 7. The first-order chi connectivity index (χ1) is 13.8. The molecule has 0 radical (unpaired) electrons. The molecule has 3 heterocycles. The summed E-state index contributed by atoms with van der Waals surface area (Å²) in [5.41, 5.74) is -0.675. The van der Waals surface area contributed by atoms with Crippen LogP contribution in [0.25, 0.3) is 0 Å². The molecule has 3 rings (SSSR count). The number of hydrogen-bond donors (Lipinski definition) is 0. The van der Waals surface area contributed by atoms with Gasteiger partial charge >= 0.3 is 0 Å². The van der Waals surface area contributed by atoms with E-state index in [0.29, 0.717) is 64.8 Å². The van der Waals surface area contributed by atoms with Crippen LogP contribution in [0.15, 0.2) is 0 Å². The summed E-state index contributed by atoms with van der Waals surface area (Å²) in [6.45, 7) is 9.77. The minimum absolute atomic E-state index is 0.0291. The van der Waals surface area contributed by atoms with Gasteiger partial charge in [0, 0.05) is 39.3 Å². The van der Waals surface area contributed by atoms with Crippen LogP contribution in [-0.4, -0.2) is 106 Å². The van der Waals surface area contributed by atoms with Crippen molar-refractivity contribution in [2.24, 2.45) is 11.3 Å². The summed E-state index contributed by atoms with van der Waals surface area (Å²) in [6, 6.07) is -0.290. The van der Waals surface area contributed by atoms with E-state index in [9.17, 15) is 13.2 Å². The van der Waals surface area contributed by atoms with E-state index < -0.39 is 15.4 Å². The molecule has 0 N–H and O–H groups in total. The normalized spacial score (nSPS) is 31.0. The number of morpholine rings is 1. The SMILES string of the molecule is COCCN1[C@@H]2CCN(CCC(C)C)C[C@@]2(C(=O)N2CCOCC2)CCS1(=O)=O. The van der Waals surface area contributed by atoms with Crippen LogP contribution >= 0.6 is 0 Å². The van der Waals surface area contributed by atoms with Crippen molar-refractivity contribution in [3.8, 4) is 0 Å². The van der Waals surface area contributed by atoms with Gasteiger partial charge in [-0.25, -0.2) is 8.42 Å². The molecule has 0 unspecified atom stereocenters. The number of ether oxygens (including phenoxy) is 2. The van der Waals surface area contributed by atoms with Crippen molar-refractivity contribution in [3.63, 3.8) is 0 Å². The zero-order chi connectivity index (χ0) is 21.1. The van der Waals surface area contributed by atoms with Gasteiger partial charge in [-0.2, -0.15) is 4.31 Å². The van der Waals surface area contributed by atoms with Crippen molar-refractivity contribution in [3.05, 3.63) is 0 Å². The number of carbonyl (C=O) groups excluding carboxylic acids is 1. The van der Waals surface area contributed by atoms with Gasteiger partial charge < -0.3 is 19.3 Å². The first-order valence-corrected chi connectivity index (χ1v) is 12.5. The van der Waals surface area contributed by atoms with E-state index in [1.807, 2.05) is 4.90 Å². The highest BCUT2D eigenvalue weighted by molar-refractivity contribution is 7.89. The van der Waals surface area contributed by atoms with Crippen LogP contribution in [0, 0.1) is 11.3 Å². The van der Waals surface area contributed by atoms with Crippen LogP contribution in [0.5, 0.6) is 0 Å². The zero-order valence-corrected chi connectivity index (χ0v) is 19.0. The third-order valence-electron chi connectivity index (χ3n) is 6.64. The second-order valence-corrected chi connectivity index (χ2v) is 11.0. The van der Waals surface area contributed by atoms with Gasteiger partial charge in [0.25, 0.3) is 0 Å². The molecule has 2 atom stereocenters. The van der Waals surface area contributed by atoms with Gasteiger partial charge in [-0.3, -0.25) is 4.79 Å². The molecule has 1 amide bonds. The standard InChI is InChI=1S/C20H37N3O5S/c1-17(2)4-7-21-8-5-18-20(16-21,19(24)22-9-13-28-14-10-22)6-15-29(25,26)23(18)11-12-27-3/h17-18H,4-16H2,1-3H3/t18-,20+/m1/s1. The highest BCUT2D eigenvalue weighted by Crippen LogP contribution is 2.44. The maximum absolute atomic E-state index is 13.8. The molecule has 29 heavy (non-hydrogen) atoms. The Labute approximate surface area is 175 Å². The summed E-state index contributed by atoms with van der Waals surface area (Å²) in [6.07, 6.45) is 2.17. The molecule has 0 aromatic heterocycles. The van der Waals surface area contributed by atoms with Crippen LogP contribution in [0.2, 0.25) is 0 Å². The molecule has 3 saturated heterocycles. The molecule has 0 saturated carbocycles.